The maximum atomic E-state index is 5.74. The van der Waals surface area contributed by atoms with Crippen LogP contribution in [0.4, 0.5) is 0 Å². The van der Waals surface area contributed by atoms with E-state index >= 15 is 0 Å². The molecule has 0 aromatic carbocycles. The lowest BCUT2D eigenvalue weighted by molar-refractivity contribution is 0.231. The average Bonchev–Trinajstić information content (AvgIpc) is 2.29. The van der Waals surface area contributed by atoms with E-state index in [1.807, 2.05) is 13.0 Å². The molecule has 1 aromatic rings. The van der Waals surface area contributed by atoms with Gasteiger partial charge in [0.05, 0.1) is 0 Å². The smallest absolute Gasteiger partial charge is 0.216 e. The van der Waals surface area contributed by atoms with Crippen LogP contribution in [0.25, 0.3) is 0 Å². The van der Waals surface area contributed by atoms with Crippen LogP contribution in [0.3, 0.4) is 0 Å². The molecule has 1 unspecified atom stereocenters. The van der Waals surface area contributed by atoms with Crippen molar-refractivity contribution >= 4 is 15.9 Å². The number of hydrogen-bond acceptors (Lipinski definition) is 3. The third kappa shape index (κ3) is 3.19. The van der Waals surface area contributed by atoms with Gasteiger partial charge in [-0.3, -0.25) is 0 Å². The Bertz CT molecular complexity index is 351. The Morgan fingerprint density at radius 3 is 3.12 bits per heavy atom. The van der Waals surface area contributed by atoms with Crippen molar-refractivity contribution in [2.75, 3.05) is 13.2 Å². The number of piperidine rings is 1. The second-order valence-electron chi connectivity index (χ2n) is 4.23. The van der Waals surface area contributed by atoms with E-state index in [9.17, 15) is 0 Å². The standard InChI is InChI=1S/C12H17BrN2O/c1-9-6-10(13)7-15-12(9)16-8-11-4-2-3-5-14-11/h6-7,11,14H,2-5,8H2,1H3. The number of nitrogens with one attached hydrogen (secondary N) is 1. The zero-order chi connectivity index (χ0) is 11.4. The lowest BCUT2D eigenvalue weighted by atomic mass is 10.1. The maximum Gasteiger partial charge on any atom is 0.216 e. The summed E-state index contributed by atoms with van der Waals surface area (Å²) in [6.45, 7) is 3.84. The zero-order valence-electron chi connectivity index (χ0n) is 9.50. The minimum absolute atomic E-state index is 0.485. The van der Waals surface area contributed by atoms with Crippen LogP contribution < -0.4 is 10.1 Å². The predicted octanol–water partition coefficient (Wildman–Crippen LogP) is 2.67. The number of aryl methyl sites for hydroxylation is 1. The maximum absolute atomic E-state index is 5.74. The molecule has 1 aliphatic rings. The molecule has 88 valence electrons. The van der Waals surface area contributed by atoms with Gasteiger partial charge in [-0.05, 0) is 48.3 Å². The lowest BCUT2D eigenvalue weighted by Crippen LogP contribution is -2.38. The van der Waals surface area contributed by atoms with E-state index in [0.29, 0.717) is 6.04 Å². The van der Waals surface area contributed by atoms with Gasteiger partial charge in [-0.25, -0.2) is 4.98 Å². The highest BCUT2D eigenvalue weighted by molar-refractivity contribution is 9.10. The summed E-state index contributed by atoms with van der Waals surface area (Å²) in [6, 6.07) is 2.51. The minimum atomic E-state index is 0.485. The topological polar surface area (TPSA) is 34.1 Å². The van der Waals surface area contributed by atoms with Gasteiger partial charge < -0.3 is 10.1 Å². The lowest BCUT2D eigenvalue weighted by Gasteiger charge is -2.23. The SMILES string of the molecule is Cc1cc(Br)cnc1OCC1CCCCN1. The number of nitrogens with zero attached hydrogens (tertiary/aromatic N) is 1. The molecule has 0 saturated carbocycles. The predicted molar refractivity (Wildman–Crippen MR) is 67.8 cm³/mol. The molecule has 2 heterocycles. The van der Waals surface area contributed by atoms with Gasteiger partial charge in [0.25, 0.3) is 0 Å². The van der Waals surface area contributed by atoms with Crippen LogP contribution >= 0.6 is 15.9 Å². The van der Waals surface area contributed by atoms with E-state index in [4.69, 9.17) is 4.74 Å². The first kappa shape index (κ1) is 11.9. The van der Waals surface area contributed by atoms with Crippen LogP contribution in [0.15, 0.2) is 16.7 Å². The molecule has 0 radical (unpaired) electrons. The Labute approximate surface area is 105 Å². The van der Waals surface area contributed by atoms with E-state index in [1.54, 1.807) is 6.20 Å². The molecule has 3 nitrogen and oxygen atoms in total. The van der Waals surface area contributed by atoms with Crippen LogP contribution in [0.2, 0.25) is 0 Å². The second kappa shape index (κ2) is 5.64. The van der Waals surface area contributed by atoms with Crippen molar-refractivity contribution in [1.29, 1.82) is 0 Å². The Balaban J connectivity index is 1.88. The summed E-state index contributed by atoms with van der Waals surface area (Å²) in [7, 11) is 0. The molecule has 1 atom stereocenters. The second-order valence-corrected chi connectivity index (χ2v) is 5.15. The van der Waals surface area contributed by atoms with E-state index in [1.165, 1.54) is 19.3 Å². The highest BCUT2D eigenvalue weighted by Crippen LogP contribution is 2.19. The third-order valence-electron chi connectivity index (χ3n) is 2.83. The summed E-state index contributed by atoms with van der Waals surface area (Å²) < 4.78 is 6.73. The summed E-state index contributed by atoms with van der Waals surface area (Å²) >= 11 is 3.39. The van der Waals surface area contributed by atoms with Crippen molar-refractivity contribution < 1.29 is 4.74 Å². The van der Waals surface area contributed by atoms with Gasteiger partial charge in [0.15, 0.2) is 0 Å². The first-order valence-electron chi connectivity index (χ1n) is 5.74. The van der Waals surface area contributed by atoms with Crippen LogP contribution in [-0.4, -0.2) is 24.2 Å². The fourth-order valence-electron chi connectivity index (χ4n) is 1.92. The summed E-state index contributed by atoms with van der Waals surface area (Å²) in [4.78, 5) is 4.27. The number of pyridine rings is 1. The number of ether oxygens (including phenoxy) is 1. The molecule has 0 amide bonds. The Morgan fingerprint density at radius 2 is 2.44 bits per heavy atom. The van der Waals surface area contributed by atoms with Gasteiger partial charge in [0.1, 0.15) is 6.61 Å². The zero-order valence-corrected chi connectivity index (χ0v) is 11.1. The quantitative estimate of drug-likeness (QED) is 0.927. The van der Waals surface area contributed by atoms with Gasteiger partial charge >= 0.3 is 0 Å². The molecule has 2 rings (SSSR count). The molecular formula is C12H17BrN2O. The molecule has 1 saturated heterocycles. The Morgan fingerprint density at radius 1 is 1.56 bits per heavy atom. The third-order valence-corrected chi connectivity index (χ3v) is 3.26. The van der Waals surface area contributed by atoms with Crippen LogP contribution in [0, 0.1) is 6.92 Å². The summed E-state index contributed by atoms with van der Waals surface area (Å²) in [5, 5.41) is 3.46. The van der Waals surface area contributed by atoms with E-state index < -0.39 is 0 Å². The Kier molecular flexibility index (Phi) is 4.18. The van der Waals surface area contributed by atoms with Crippen molar-refractivity contribution in [3.8, 4) is 5.88 Å². The molecule has 1 fully saturated rings. The minimum Gasteiger partial charge on any atom is -0.476 e. The van der Waals surface area contributed by atoms with Crippen LogP contribution in [-0.2, 0) is 0 Å². The van der Waals surface area contributed by atoms with E-state index in [2.05, 4.69) is 26.2 Å². The average molecular weight is 285 g/mol. The molecule has 1 N–H and O–H groups in total. The van der Waals surface area contributed by atoms with Crippen LogP contribution in [0.5, 0.6) is 5.88 Å². The first-order chi connectivity index (χ1) is 7.75. The summed E-state index contributed by atoms with van der Waals surface area (Å²) in [6.07, 6.45) is 5.56. The number of hydrogen-bond donors (Lipinski definition) is 1. The molecule has 1 aromatic heterocycles. The fourth-order valence-corrected chi connectivity index (χ4v) is 2.37. The number of rotatable bonds is 3. The van der Waals surface area contributed by atoms with Crippen molar-refractivity contribution in [3.63, 3.8) is 0 Å². The number of halogens is 1. The van der Waals surface area contributed by atoms with Gasteiger partial charge in [-0.15, -0.1) is 0 Å². The largest absolute Gasteiger partial charge is 0.476 e. The van der Waals surface area contributed by atoms with Crippen molar-refractivity contribution in [2.45, 2.75) is 32.2 Å². The molecule has 0 aliphatic carbocycles. The molecule has 0 bridgehead atoms. The highest BCUT2D eigenvalue weighted by atomic mass is 79.9. The molecule has 1 aliphatic heterocycles. The van der Waals surface area contributed by atoms with Crippen LogP contribution in [0.1, 0.15) is 24.8 Å². The highest BCUT2D eigenvalue weighted by Gasteiger charge is 2.13. The molecule has 4 heteroatoms. The number of aromatic nitrogens is 1. The van der Waals surface area contributed by atoms with Crippen molar-refractivity contribution in [1.82, 2.24) is 10.3 Å². The molecule has 16 heavy (non-hydrogen) atoms. The molecule has 0 spiro atoms. The monoisotopic (exact) mass is 284 g/mol. The van der Waals surface area contributed by atoms with Crippen molar-refractivity contribution in [3.05, 3.63) is 22.3 Å². The summed E-state index contributed by atoms with van der Waals surface area (Å²) in [5.41, 5.74) is 1.07. The molecular weight excluding hydrogens is 268 g/mol. The van der Waals surface area contributed by atoms with Gasteiger partial charge in [-0.1, -0.05) is 6.42 Å². The van der Waals surface area contributed by atoms with Gasteiger partial charge in [0.2, 0.25) is 5.88 Å². The van der Waals surface area contributed by atoms with E-state index in [-0.39, 0.29) is 0 Å². The van der Waals surface area contributed by atoms with E-state index in [0.717, 1.165) is 29.1 Å². The fraction of sp³-hybridized carbons (Fsp3) is 0.583. The first-order valence-corrected chi connectivity index (χ1v) is 6.53. The van der Waals surface area contributed by atoms with Gasteiger partial charge in [0, 0.05) is 22.3 Å². The summed E-state index contributed by atoms with van der Waals surface area (Å²) in [5.74, 6) is 0.746. The van der Waals surface area contributed by atoms with Crippen molar-refractivity contribution in [2.24, 2.45) is 0 Å². The van der Waals surface area contributed by atoms with Gasteiger partial charge in [-0.2, -0.15) is 0 Å². The Hall–Kier alpha value is -0.610. The normalized spacial score (nSPS) is 20.8.